The molecule has 23 heavy (non-hydrogen) atoms. The first kappa shape index (κ1) is 19.5. The molecule has 130 valence electrons. The largest absolute Gasteiger partial charge is 0.394 e. The van der Waals surface area contributed by atoms with Crippen LogP contribution < -0.4 is 5.32 Å². The quantitative estimate of drug-likeness (QED) is 0.511. The zero-order chi connectivity index (χ0) is 17.4. The fourth-order valence-corrected chi connectivity index (χ4v) is 1.96. The van der Waals surface area contributed by atoms with Gasteiger partial charge in [-0.1, -0.05) is 12.1 Å². The van der Waals surface area contributed by atoms with Gasteiger partial charge in [0, 0.05) is 6.54 Å². The normalized spacial score (nSPS) is 16.4. The average Bonchev–Trinajstić information content (AvgIpc) is 2.49. The molecule has 4 atom stereocenters. The molecule has 1 aromatic rings. The van der Waals surface area contributed by atoms with Crippen molar-refractivity contribution in [1.29, 1.82) is 0 Å². The Morgan fingerprint density at radius 1 is 1.35 bits per heavy atom. The molecular formula is C16H24FNO5. The third-order valence-electron chi connectivity index (χ3n) is 3.41. The summed E-state index contributed by atoms with van der Waals surface area (Å²) in [4.78, 5) is 11.9. The van der Waals surface area contributed by atoms with E-state index < -0.39 is 36.8 Å². The molecule has 0 aliphatic rings. The topological polar surface area (TPSA) is 99.0 Å². The molecule has 0 bridgehead atoms. The highest BCUT2D eigenvalue weighted by atomic mass is 19.1. The van der Waals surface area contributed by atoms with Gasteiger partial charge in [0.2, 0.25) is 5.91 Å². The lowest BCUT2D eigenvalue weighted by molar-refractivity contribution is -0.126. The number of benzene rings is 1. The predicted octanol–water partition coefficient (Wildman–Crippen LogP) is -0.00790. The monoisotopic (exact) mass is 329 g/mol. The van der Waals surface area contributed by atoms with Crippen LogP contribution in [-0.2, 0) is 16.0 Å². The van der Waals surface area contributed by atoms with Crippen molar-refractivity contribution in [1.82, 2.24) is 5.32 Å². The van der Waals surface area contributed by atoms with E-state index in [9.17, 15) is 19.4 Å². The summed E-state index contributed by atoms with van der Waals surface area (Å²) in [6.07, 6.45) is -3.36. The maximum Gasteiger partial charge on any atom is 0.224 e. The second-order valence-electron chi connectivity index (χ2n) is 5.48. The van der Waals surface area contributed by atoms with Crippen LogP contribution in [0.5, 0.6) is 0 Å². The second-order valence-corrected chi connectivity index (χ2v) is 5.48. The fraction of sp³-hybridized carbons (Fsp3) is 0.562. The Morgan fingerprint density at radius 2 is 2.04 bits per heavy atom. The predicted molar refractivity (Wildman–Crippen MR) is 82.2 cm³/mol. The summed E-state index contributed by atoms with van der Waals surface area (Å²) in [5, 5.41) is 30.6. The van der Waals surface area contributed by atoms with Crippen molar-refractivity contribution in [3.05, 3.63) is 35.6 Å². The third-order valence-corrected chi connectivity index (χ3v) is 3.41. The second kappa shape index (κ2) is 9.57. The van der Waals surface area contributed by atoms with E-state index in [0.29, 0.717) is 5.56 Å². The van der Waals surface area contributed by atoms with Gasteiger partial charge in [0.1, 0.15) is 18.0 Å². The van der Waals surface area contributed by atoms with Gasteiger partial charge in [0.15, 0.2) is 0 Å². The van der Waals surface area contributed by atoms with Gasteiger partial charge in [0.25, 0.3) is 0 Å². The summed E-state index contributed by atoms with van der Waals surface area (Å²) in [6.45, 7) is 2.64. The molecule has 0 saturated carbocycles. The van der Waals surface area contributed by atoms with Gasteiger partial charge in [0.05, 0.1) is 25.2 Å². The molecule has 2 unspecified atom stereocenters. The van der Waals surface area contributed by atoms with Gasteiger partial charge in [-0.2, -0.15) is 0 Å². The van der Waals surface area contributed by atoms with Crippen molar-refractivity contribution in [3.8, 4) is 0 Å². The van der Waals surface area contributed by atoms with Gasteiger partial charge < -0.3 is 25.4 Å². The van der Waals surface area contributed by atoms with Crippen LogP contribution in [-0.4, -0.2) is 58.8 Å². The first-order chi connectivity index (χ1) is 10.8. The van der Waals surface area contributed by atoms with Crippen molar-refractivity contribution in [3.63, 3.8) is 0 Å². The first-order valence-corrected chi connectivity index (χ1v) is 7.47. The molecule has 1 aromatic carbocycles. The number of hydrogen-bond donors (Lipinski definition) is 4. The number of ether oxygens (including phenoxy) is 1. The average molecular weight is 329 g/mol. The van der Waals surface area contributed by atoms with Gasteiger partial charge >= 0.3 is 0 Å². The number of halogens is 1. The Kier molecular flexibility index (Phi) is 8.11. The molecular weight excluding hydrogens is 305 g/mol. The van der Waals surface area contributed by atoms with Gasteiger partial charge in [-0.05, 0) is 31.5 Å². The molecule has 0 heterocycles. The Morgan fingerprint density at radius 3 is 2.61 bits per heavy atom. The van der Waals surface area contributed by atoms with Crippen molar-refractivity contribution >= 4 is 5.91 Å². The third kappa shape index (κ3) is 7.04. The van der Waals surface area contributed by atoms with E-state index in [1.807, 2.05) is 0 Å². The maximum atomic E-state index is 13.1. The van der Waals surface area contributed by atoms with Crippen LogP contribution in [0, 0.1) is 5.82 Å². The number of hydrogen-bond acceptors (Lipinski definition) is 5. The Balaban J connectivity index is 2.49. The number of carbonyl (C=O) groups is 1. The minimum atomic E-state index is -1.07. The van der Waals surface area contributed by atoms with E-state index in [1.165, 1.54) is 25.1 Å². The van der Waals surface area contributed by atoms with E-state index in [1.54, 1.807) is 13.0 Å². The summed E-state index contributed by atoms with van der Waals surface area (Å²) >= 11 is 0. The molecule has 6 nitrogen and oxygen atoms in total. The number of aliphatic hydroxyl groups is 3. The van der Waals surface area contributed by atoms with Crippen LogP contribution in [0.1, 0.15) is 19.4 Å². The molecule has 0 radical (unpaired) electrons. The van der Waals surface area contributed by atoms with Crippen LogP contribution >= 0.6 is 0 Å². The summed E-state index contributed by atoms with van der Waals surface area (Å²) in [5.41, 5.74) is 0.543. The molecule has 0 aromatic heterocycles. The van der Waals surface area contributed by atoms with Crippen molar-refractivity contribution < 1.29 is 29.2 Å². The fourth-order valence-electron chi connectivity index (χ4n) is 1.96. The van der Waals surface area contributed by atoms with E-state index in [2.05, 4.69) is 5.32 Å². The van der Waals surface area contributed by atoms with E-state index in [-0.39, 0.29) is 18.9 Å². The van der Waals surface area contributed by atoms with E-state index in [4.69, 9.17) is 9.84 Å². The van der Waals surface area contributed by atoms with Crippen molar-refractivity contribution in [2.24, 2.45) is 0 Å². The van der Waals surface area contributed by atoms with E-state index in [0.717, 1.165) is 0 Å². The number of carbonyl (C=O) groups excluding carboxylic acids is 1. The molecule has 0 fully saturated rings. The standard InChI is InChI=1S/C16H24FNO5/c1-10(20)15(23-11(2)14(21)9-19)8-18-16(22)7-12-4-3-5-13(17)6-12/h3-6,10-11,14-15,19-21H,7-9H2,1-2H3,(H,18,22)/t10-,11?,14+,15?/m1/s1. The Hall–Kier alpha value is -1.54. The van der Waals surface area contributed by atoms with Gasteiger partial charge in [-0.25, -0.2) is 4.39 Å². The molecule has 0 spiro atoms. The zero-order valence-electron chi connectivity index (χ0n) is 13.3. The molecule has 0 aliphatic heterocycles. The molecule has 0 saturated heterocycles. The molecule has 7 heteroatoms. The van der Waals surface area contributed by atoms with Crippen LogP contribution in [0.2, 0.25) is 0 Å². The number of rotatable bonds is 9. The van der Waals surface area contributed by atoms with Crippen LogP contribution in [0.3, 0.4) is 0 Å². The summed E-state index contributed by atoms with van der Waals surface area (Å²) in [6, 6.07) is 5.75. The highest BCUT2D eigenvalue weighted by molar-refractivity contribution is 5.78. The smallest absolute Gasteiger partial charge is 0.224 e. The lowest BCUT2D eigenvalue weighted by Gasteiger charge is -2.27. The van der Waals surface area contributed by atoms with Crippen LogP contribution in [0.25, 0.3) is 0 Å². The lowest BCUT2D eigenvalue weighted by Crippen LogP contribution is -2.44. The van der Waals surface area contributed by atoms with Gasteiger partial charge in [-0.3, -0.25) is 4.79 Å². The molecule has 0 aliphatic carbocycles. The number of aliphatic hydroxyl groups excluding tert-OH is 3. The lowest BCUT2D eigenvalue weighted by atomic mass is 10.1. The highest BCUT2D eigenvalue weighted by Crippen LogP contribution is 2.07. The Bertz CT molecular complexity index is 497. The first-order valence-electron chi connectivity index (χ1n) is 7.47. The zero-order valence-corrected chi connectivity index (χ0v) is 13.3. The van der Waals surface area contributed by atoms with Crippen LogP contribution in [0.15, 0.2) is 24.3 Å². The summed E-state index contributed by atoms with van der Waals surface area (Å²) in [5.74, 6) is -0.743. The number of nitrogens with one attached hydrogen (secondary N) is 1. The highest BCUT2D eigenvalue weighted by Gasteiger charge is 2.23. The SMILES string of the molecule is CC(OC(CNC(=O)Cc1cccc(F)c1)[C@@H](C)O)[C@@H](O)CO. The van der Waals surface area contributed by atoms with Crippen molar-refractivity contribution in [2.45, 2.75) is 44.7 Å². The van der Waals surface area contributed by atoms with Crippen LogP contribution in [0.4, 0.5) is 4.39 Å². The maximum absolute atomic E-state index is 13.1. The van der Waals surface area contributed by atoms with Gasteiger partial charge in [-0.15, -0.1) is 0 Å². The summed E-state index contributed by atoms with van der Waals surface area (Å²) in [7, 11) is 0. The molecule has 4 N–H and O–H groups in total. The Labute approximate surface area is 134 Å². The van der Waals surface area contributed by atoms with Crippen molar-refractivity contribution in [2.75, 3.05) is 13.2 Å². The molecule has 1 rings (SSSR count). The van der Waals surface area contributed by atoms with E-state index >= 15 is 0 Å². The summed E-state index contributed by atoms with van der Waals surface area (Å²) < 4.78 is 18.5. The molecule has 1 amide bonds. The minimum absolute atomic E-state index is 0.0130. The number of amides is 1. The minimum Gasteiger partial charge on any atom is -0.394 e.